The summed E-state index contributed by atoms with van der Waals surface area (Å²) in [6.45, 7) is 6.03. The van der Waals surface area contributed by atoms with E-state index in [9.17, 15) is 9.59 Å². The summed E-state index contributed by atoms with van der Waals surface area (Å²) in [6, 6.07) is 11.7. The molecule has 0 amide bonds. The van der Waals surface area contributed by atoms with Crippen LogP contribution >= 0.6 is 0 Å². The van der Waals surface area contributed by atoms with Gasteiger partial charge in [0, 0.05) is 45.2 Å². The summed E-state index contributed by atoms with van der Waals surface area (Å²) in [4.78, 5) is 38.1. The fourth-order valence-electron chi connectivity index (χ4n) is 4.26. The lowest BCUT2D eigenvalue weighted by molar-refractivity contribution is 0.497. The number of rotatable bonds is 4. The second-order valence-corrected chi connectivity index (χ2v) is 7.78. The summed E-state index contributed by atoms with van der Waals surface area (Å²) >= 11 is 0. The number of piperazine rings is 1. The standard InChI is InChI=1S/C22H25N7O2/c1-3-28-19-18(25-22(28)27-12-10-23-11-13-27)20(30)26(2)29(21(19)31)14-16-9-8-15-6-4-5-7-17(15)24-16/h4-9,23H,3,10-14H2,1-2H3. The molecule has 3 aromatic heterocycles. The monoisotopic (exact) mass is 419 g/mol. The Kier molecular flexibility index (Phi) is 4.82. The minimum Gasteiger partial charge on any atom is -0.340 e. The average Bonchev–Trinajstić information content (AvgIpc) is 3.21. The highest BCUT2D eigenvalue weighted by Crippen LogP contribution is 2.19. The number of anilines is 1. The van der Waals surface area contributed by atoms with Crippen LogP contribution in [-0.2, 0) is 20.1 Å². The van der Waals surface area contributed by atoms with Gasteiger partial charge in [-0.2, -0.15) is 0 Å². The van der Waals surface area contributed by atoms with Gasteiger partial charge >= 0.3 is 0 Å². The first kappa shape index (κ1) is 19.5. The number of imidazole rings is 1. The third kappa shape index (κ3) is 3.21. The molecule has 0 spiro atoms. The Labute approximate surface area is 178 Å². The molecule has 4 aromatic rings. The Morgan fingerprint density at radius 1 is 1.00 bits per heavy atom. The minimum atomic E-state index is -0.279. The maximum Gasteiger partial charge on any atom is 0.293 e. The van der Waals surface area contributed by atoms with Gasteiger partial charge in [-0.15, -0.1) is 0 Å². The van der Waals surface area contributed by atoms with E-state index in [1.165, 1.54) is 9.36 Å². The number of aryl methyl sites for hydroxylation is 1. The van der Waals surface area contributed by atoms with Crippen molar-refractivity contribution in [3.63, 3.8) is 0 Å². The summed E-state index contributed by atoms with van der Waals surface area (Å²) in [5.41, 5.74) is 1.66. The molecular weight excluding hydrogens is 394 g/mol. The van der Waals surface area contributed by atoms with Crippen LogP contribution in [0.3, 0.4) is 0 Å². The molecule has 0 bridgehead atoms. The van der Waals surface area contributed by atoms with E-state index >= 15 is 0 Å². The Balaban J connectivity index is 1.66. The van der Waals surface area contributed by atoms with Crippen molar-refractivity contribution in [2.45, 2.75) is 20.0 Å². The fourth-order valence-corrected chi connectivity index (χ4v) is 4.26. The molecule has 5 rings (SSSR count). The molecule has 0 aliphatic carbocycles. The molecule has 1 saturated heterocycles. The SMILES string of the molecule is CCn1c(N2CCNCC2)nc2c(=O)n(C)n(Cc3ccc4ccccc4n3)c(=O)c21. The molecule has 0 saturated carbocycles. The maximum absolute atomic E-state index is 13.5. The highest BCUT2D eigenvalue weighted by Gasteiger charge is 2.24. The normalized spacial score (nSPS) is 14.6. The molecule has 0 atom stereocenters. The van der Waals surface area contributed by atoms with Crippen LogP contribution in [0.1, 0.15) is 12.6 Å². The lowest BCUT2D eigenvalue weighted by Gasteiger charge is -2.28. The van der Waals surface area contributed by atoms with Gasteiger partial charge in [-0.3, -0.25) is 14.6 Å². The van der Waals surface area contributed by atoms with Crippen molar-refractivity contribution in [3.05, 3.63) is 62.8 Å². The predicted octanol–water partition coefficient (Wildman–Crippen LogP) is 0.923. The van der Waals surface area contributed by atoms with Crippen LogP contribution in [-0.4, -0.2) is 50.1 Å². The van der Waals surface area contributed by atoms with E-state index in [2.05, 4.69) is 20.2 Å². The van der Waals surface area contributed by atoms with Gasteiger partial charge in [0.05, 0.1) is 17.8 Å². The number of hydrogen-bond donors (Lipinski definition) is 1. The van der Waals surface area contributed by atoms with E-state index in [1.807, 2.05) is 47.9 Å². The summed E-state index contributed by atoms with van der Waals surface area (Å²) in [5.74, 6) is 0.690. The smallest absolute Gasteiger partial charge is 0.293 e. The van der Waals surface area contributed by atoms with Crippen LogP contribution in [0.2, 0.25) is 0 Å². The number of pyridine rings is 1. The van der Waals surface area contributed by atoms with Crippen LogP contribution in [0.5, 0.6) is 0 Å². The molecule has 9 heteroatoms. The van der Waals surface area contributed by atoms with Crippen LogP contribution < -0.4 is 21.3 Å². The molecule has 31 heavy (non-hydrogen) atoms. The molecule has 1 N–H and O–H groups in total. The first-order valence-corrected chi connectivity index (χ1v) is 10.6. The second-order valence-electron chi connectivity index (χ2n) is 7.78. The summed E-state index contributed by atoms with van der Waals surface area (Å²) in [6.07, 6.45) is 0. The van der Waals surface area contributed by atoms with E-state index in [0.29, 0.717) is 18.0 Å². The van der Waals surface area contributed by atoms with Crippen molar-refractivity contribution in [2.24, 2.45) is 7.05 Å². The Bertz CT molecular complexity index is 1390. The Morgan fingerprint density at radius 3 is 2.55 bits per heavy atom. The van der Waals surface area contributed by atoms with Gasteiger partial charge in [0.2, 0.25) is 5.95 Å². The van der Waals surface area contributed by atoms with Crippen LogP contribution in [0.15, 0.2) is 46.0 Å². The molecule has 160 valence electrons. The van der Waals surface area contributed by atoms with Crippen molar-refractivity contribution >= 4 is 27.9 Å². The molecular formula is C22H25N7O2. The van der Waals surface area contributed by atoms with Gasteiger partial charge in [-0.05, 0) is 19.1 Å². The number of nitrogens with zero attached hydrogens (tertiary/aromatic N) is 6. The summed E-state index contributed by atoms with van der Waals surface area (Å²) in [7, 11) is 1.61. The zero-order chi connectivity index (χ0) is 21.5. The number of hydrogen-bond acceptors (Lipinski definition) is 6. The van der Waals surface area contributed by atoms with Crippen molar-refractivity contribution in [1.29, 1.82) is 0 Å². The van der Waals surface area contributed by atoms with Crippen LogP contribution in [0.25, 0.3) is 21.9 Å². The van der Waals surface area contributed by atoms with Gasteiger partial charge < -0.3 is 14.8 Å². The van der Waals surface area contributed by atoms with Gasteiger partial charge in [0.1, 0.15) is 5.52 Å². The van der Waals surface area contributed by atoms with Gasteiger partial charge in [-0.25, -0.2) is 14.3 Å². The molecule has 1 aliphatic heterocycles. The summed E-state index contributed by atoms with van der Waals surface area (Å²) in [5, 5.41) is 4.35. The van der Waals surface area contributed by atoms with E-state index in [0.717, 1.165) is 42.8 Å². The lowest BCUT2D eigenvalue weighted by atomic mass is 10.2. The zero-order valence-electron chi connectivity index (χ0n) is 17.7. The molecule has 9 nitrogen and oxygen atoms in total. The molecule has 4 heterocycles. The zero-order valence-corrected chi connectivity index (χ0v) is 17.7. The van der Waals surface area contributed by atoms with Gasteiger partial charge in [-0.1, -0.05) is 24.3 Å². The topological polar surface area (TPSA) is 90.0 Å². The molecule has 1 aromatic carbocycles. The number of fused-ring (bicyclic) bond motifs is 2. The quantitative estimate of drug-likeness (QED) is 0.529. The van der Waals surface area contributed by atoms with Crippen molar-refractivity contribution in [2.75, 3.05) is 31.1 Å². The Morgan fingerprint density at radius 2 is 1.77 bits per heavy atom. The molecule has 0 unspecified atom stereocenters. The second kappa shape index (κ2) is 7.66. The molecule has 1 fully saturated rings. The van der Waals surface area contributed by atoms with Gasteiger partial charge in [0.25, 0.3) is 11.1 Å². The fraction of sp³-hybridized carbons (Fsp3) is 0.364. The van der Waals surface area contributed by atoms with Crippen molar-refractivity contribution < 1.29 is 0 Å². The predicted molar refractivity (Wildman–Crippen MR) is 121 cm³/mol. The average molecular weight is 419 g/mol. The Hall–Kier alpha value is -3.46. The number of aromatic nitrogens is 5. The van der Waals surface area contributed by atoms with Crippen molar-refractivity contribution in [1.82, 2.24) is 29.2 Å². The van der Waals surface area contributed by atoms with E-state index < -0.39 is 0 Å². The maximum atomic E-state index is 13.5. The van der Waals surface area contributed by atoms with Crippen LogP contribution in [0.4, 0.5) is 5.95 Å². The first-order valence-electron chi connectivity index (χ1n) is 10.6. The van der Waals surface area contributed by atoms with Crippen LogP contribution in [0, 0.1) is 0 Å². The number of benzene rings is 1. The largest absolute Gasteiger partial charge is 0.340 e. The third-order valence-electron chi connectivity index (χ3n) is 5.93. The minimum absolute atomic E-state index is 0.212. The third-order valence-corrected chi connectivity index (χ3v) is 5.93. The number of nitrogens with one attached hydrogen (secondary N) is 1. The highest BCUT2D eigenvalue weighted by molar-refractivity contribution is 5.78. The first-order chi connectivity index (χ1) is 15.1. The summed E-state index contributed by atoms with van der Waals surface area (Å²) < 4.78 is 4.68. The molecule has 0 radical (unpaired) electrons. The lowest BCUT2D eigenvalue weighted by Crippen LogP contribution is -2.44. The molecule has 1 aliphatic rings. The van der Waals surface area contributed by atoms with E-state index in [-0.39, 0.29) is 23.2 Å². The van der Waals surface area contributed by atoms with E-state index in [1.54, 1.807) is 7.05 Å². The van der Waals surface area contributed by atoms with E-state index in [4.69, 9.17) is 0 Å². The highest BCUT2D eigenvalue weighted by atomic mass is 16.2. The van der Waals surface area contributed by atoms with Crippen molar-refractivity contribution in [3.8, 4) is 0 Å². The number of para-hydroxylation sites is 1. The van der Waals surface area contributed by atoms with Gasteiger partial charge in [0.15, 0.2) is 5.52 Å².